The van der Waals surface area contributed by atoms with Gasteiger partial charge < -0.3 is 0 Å². The van der Waals surface area contributed by atoms with Gasteiger partial charge in [0.1, 0.15) is 0 Å². The summed E-state index contributed by atoms with van der Waals surface area (Å²) in [6, 6.07) is 5.99. The first kappa shape index (κ1) is 10.9. The van der Waals surface area contributed by atoms with Crippen LogP contribution in [0.4, 0.5) is 0 Å². The van der Waals surface area contributed by atoms with E-state index >= 15 is 0 Å². The van der Waals surface area contributed by atoms with Crippen LogP contribution < -0.4 is 0 Å². The van der Waals surface area contributed by atoms with Crippen molar-refractivity contribution >= 4 is 0 Å². The average Bonchev–Trinajstić information content (AvgIpc) is 2.65. The van der Waals surface area contributed by atoms with E-state index in [0.717, 1.165) is 17.8 Å². The van der Waals surface area contributed by atoms with Crippen LogP contribution in [0, 0.1) is 5.41 Å². The van der Waals surface area contributed by atoms with Gasteiger partial charge in [-0.15, -0.1) is 0 Å². The van der Waals surface area contributed by atoms with E-state index in [2.05, 4.69) is 30.9 Å². The zero-order valence-corrected chi connectivity index (χ0v) is 10.0. The fraction of sp³-hybridized carbons (Fsp3) is 0.385. The Morgan fingerprint density at radius 2 is 1.81 bits per heavy atom. The number of hydrogen-bond donors (Lipinski definition) is 0. The second kappa shape index (κ2) is 4.08. The minimum absolute atomic E-state index is 0.252. The van der Waals surface area contributed by atoms with Crippen LogP contribution >= 0.6 is 0 Å². The molecule has 0 saturated heterocycles. The summed E-state index contributed by atoms with van der Waals surface area (Å²) in [6.45, 7) is 7.56. The van der Waals surface area contributed by atoms with Gasteiger partial charge in [0.2, 0.25) is 0 Å². The third kappa shape index (κ3) is 2.69. The SMILES string of the molecule is CC(C)(C)Cn1ccc(-c2ccncc2)n1. The molecule has 2 rings (SSSR count). The van der Waals surface area contributed by atoms with E-state index in [4.69, 9.17) is 0 Å². The maximum absolute atomic E-state index is 4.55. The lowest BCUT2D eigenvalue weighted by Gasteiger charge is -2.17. The van der Waals surface area contributed by atoms with E-state index in [1.807, 2.05) is 29.1 Å². The minimum atomic E-state index is 0.252. The summed E-state index contributed by atoms with van der Waals surface area (Å²) in [5, 5.41) is 4.55. The summed E-state index contributed by atoms with van der Waals surface area (Å²) in [7, 11) is 0. The van der Waals surface area contributed by atoms with E-state index in [9.17, 15) is 0 Å². The molecule has 0 aromatic carbocycles. The molecule has 3 heteroatoms. The van der Waals surface area contributed by atoms with Gasteiger partial charge in [0.25, 0.3) is 0 Å². The summed E-state index contributed by atoms with van der Waals surface area (Å²) < 4.78 is 2.00. The highest BCUT2D eigenvalue weighted by Gasteiger charge is 2.12. The van der Waals surface area contributed by atoms with Gasteiger partial charge in [0.05, 0.1) is 5.69 Å². The highest BCUT2D eigenvalue weighted by molar-refractivity contribution is 5.57. The molecule has 0 bridgehead atoms. The average molecular weight is 215 g/mol. The zero-order chi connectivity index (χ0) is 11.6. The number of aromatic nitrogens is 3. The lowest BCUT2D eigenvalue weighted by Crippen LogP contribution is -2.15. The molecule has 3 nitrogen and oxygen atoms in total. The van der Waals surface area contributed by atoms with Gasteiger partial charge in [-0.25, -0.2) is 0 Å². The molecule has 0 aliphatic heterocycles. The van der Waals surface area contributed by atoms with Crippen molar-refractivity contribution in [1.82, 2.24) is 14.8 Å². The van der Waals surface area contributed by atoms with Crippen LogP contribution in [0.3, 0.4) is 0 Å². The quantitative estimate of drug-likeness (QED) is 0.771. The third-order valence-electron chi connectivity index (χ3n) is 2.25. The van der Waals surface area contributed by atoms with E-state index < -0.39 is 0 Å². The molecule has 0 radical (unpaired) electrons. The van der Waals surface area contributed by atoms with E-state index in [0.29, 0.717) is 0 Å². The molecular formula is C13H17N3. The highest BCUT2D eigenvalue weighted by atomic mass is 15.3. The zero-order valence-electron chi connectivity index (χ0n) is 10.0. The second-order valence-electron chi connectivity index (χ2n) is 5.20. The maximum atomic E-state index is 4.55. The molecule has 16 heavy (non-hydrogen) atoms. The summed E-state index contributed by atoms with van der Waals surface area (Å²) in [5.74, 6) is 0. The summed E-state index contributed by atoms with van der Waals surface area (Å²) in [6.07, 6.45) is 5.61. The van der Waals surface area contributed by atoms with Crippen molar-refractivity contribution in [3.05, 3.63) is 36.8 Å². The molecule has 0 atom stereocenters. The first-order valence-corrected chi connectivity index (χ1v) is 5.48. The molecule has 0 amide bonds. The highest BCUT2D eigenvalue weighted by Crippen LogP contribution is 2.19. The molecule has 0 unspecified atom stereocenters. The van der Waals surface area contributed by atoms with Crippen molar-refractivity contribution in [3.8, 4) is 11.3 Å². The topological polar surface area (TPSA) is 30.7 Å². The summed E-state index contributed by atoms with van der Waals surface area (Å²) in [5.41, 5.74) is 2.37. The van der Waals surface area contributed by atoms with Crippen LogP contribution in [0.25, 0.3) is 11.3 Å². The number of pyridine rings is 1. The van der Waals surface area contributed by atoms with Gasteiger partial charge in [-0.1, -0.05) is 20.8 Å². The van der Waals surface area contributed by atoms with Crippen LogP contribution in [0.15, 0.2) is 36.8 Å². The fourth-order valence-electron chi connectivity index (χ4n) is 1.61. The Kier molecular flexibility index (Phi) is 2.77. The summed E-state index contributed by atoms with van der Waals surface area (Å²) in [4.78, 5) is 4.00. The lowest BCUT2D eigenvalue weighted by molar-refractivity contribution is 0.326. The maximum Gasteiger partial charge on any atom is 0.0924 e. The van der Waals surface area contributed by atoms with Crippen LogP contribution in [0.1, 0.15) is 20.8 Å². The molecule has 84 valence electrons. The van der Waals surface area contributed by atoms with Crippen LogP contribution in [-0.2, 0) is 6.54 Å². The Labute approximate surface area is 96.1 Å². The third-order valence-corrected chi connectivity index (χ3v) is 2.25. The number of hydrogen-bond acceptors (Lipinski definition) is 2. The monoisotopic (exact) mass is 215 g/mol. The van der Waals surface area contributed by atoms with Crippen LogP contribution in [0.5, 0.6) is 0 Å². The standard InChI is InChI=1S/C13H17N3/c1-13(2,3)10-16-9-6-12(15-16)11-4-7-14-8-5-11/h4-9H,10H2,1-3H3. The predicted molar refractivity (Wildman–Crippen MR) is 64.9 cm³/mol. The molecule has 0 saturated carbocycles. The molecule has 2 aromatic rings. The normalized spacial score (nSPS) is 11.7. The van der Waals surface area contributed by atoms with Crippen molar-refractivity contribution < 1.29 is 0 Å². The van der Waals surface area contributed by atoms with Gasteiger partial charge in [-0.3, -0.25) is 9.67 Å². The number of nitrogens with zero attached hydrogens (tertiary/aromatic N) is 3. The Hall–Kier alpha value is -1.64. The van der Waals surface area contributed by atoms with Gasteiger partial charge in [0, 0.05) is 30.7 Å². The minimum Gasteiger partial charge on any atom is -0.272 e. The molecule has 0 aliphatic carbocycles. The van der Waals surface area contributed by atoms with Crippen molar-refractivity contribution in [2.45, 2.75) is 27.3 Å². The molecule has 0 aliphatic rings. The van der Waals surface area contributed by atoms with E-state index in [1.165, 1.54) is 0 Å². The molecule has 0 fully saturated rings. The van der Waals surface area contributed by atoms with Gasteiger partial charge in [-0.05, 0) is 23.6 Å². The van der Waals surface area contributed by atoms with Gasteiger partial charge >= 0.3 is 0 Å². The predicted octanol–water partition coefficient (Wildman–Crippen LogP) is 2.99. The van der Waals surface area contributed by atoms with Crippen molar-refractivity contribution in [3.63, 3.8) is 0 Å². The van der Waals surface area contributed by atoms with Crippen molar-refractivity contribution in [2.75, 3.05) is 0 Å². The Balaban J connectivity index is 2.21. The van der Waals surface area contributed by atoms with E-state index in [-0.39, 0.29) is 5.41 Å². The van der Waals surface area contributed by atoms with Crippen molar-refractivity contribution in [2.24, 2.45) is 5.41 Å². The van der Waals surface area contributed by atoms with Crippen molar-refractivity contribution in [1.29, 1.82) is 0 Å². The Morgan fingerprint density at radius 3 is 2.44 bits per heavy atom. The molecule has 0 spiro atoms. The first-order chi connectivity index (χ1) is 7.54. The largest absolute Gasteiger partial charge is 0.272 e. The smallest absolute Gasteiger partial charge is 0.0924 e. The number of rotatable bonds is 2. The Bertz CT molecular complexity index is 452. The molecule has 2 heterocycles. The van der Waals surface area contributed by atoms with Gasteiger partial charge in [0.15, 0.2) is 0 Å². The van der Waals surface area contributed by atoms with Crippen LogP contribution in [0.2, 0.25) is 0 Å². The van der Waals surface area contributed by atoms with E-state index in [1.54, 1.807) is 12.4 Å². The van der Waals surface area contributed by atoms with Gasteiger partial charge in [-0.2, -0.15) is 5.10 Å². The second-order valence-corrected chi connectivity index (χ2v) is 5.20. The molecule has 2 aromatic heterocycles. The molecule has 0 N–H and O–H groups in total. The first-order valence-electron chi connectivity index (χ1n) is 5.48. The van der Waals surface area contributed by atoms with Crippen LogP contribution in [-0.4, -0.2) is 14.8 Å². The summed E-state index contributed by atoms with van der Waals surface area (Å²) >= 11 is 0. The fourth-order valence-corrected chi connectivity index (χ4v) is 1.61. The Morgan fingerprint density at radius 1 is 1.12 bits per heavy atom. The molecular weight excluding hydrogens is 198 g/mol. The lowest BCUT2D eigenvalue weighted by atomic mass is 9.97.